The fourth-order valence-corrected chi connectivity index (χ4v) is 3.02. The van der Waals surface area contributed by atoms with Gasteiger partial charge in [-0.3, -0.25) is 4.79 Å². The SMILES string of the molecule is COc1ccc(CCC(=O)NCC2COc3ccccc32)cc1OC. The Kier molecular flexibility index (Phi) is 5.43. The molecule has 2 aromatic rings. The van der Waals surface area contributed by atoms with Crippen LogP contribution in [0.1, 0.15) is 23.5 Å². The first kappa shape index (κ1) is 17.1. The van der Waals surface area contributed by atoms with Crippen LogP contribution in [0.2, 0.25) is 0 Å². The molecule has 2 aromatic carbocycles. The van der Waals surface area contributed by atoms with Gasteiger partial charge in [0.1, 0.15) is 5.75 Å². The predicted molar refractivity (Wildman–Crippen MR) is 95.6 cm³/mol. The number of benzene rings is 2. The van der Waals surface area contributed by atoms with Crippen molar-refractivity contribution < 1.29 is 19.0 Å². The highest BCUT2D eigenvalue weighted by molar-refractivity contribution is 5.76. The lowest BCUT2D eigenvalue weighted by Gasteiger charge is -2.11. The minimum Gasteiger partial charge on any atom is -0.493 e. The van der Waals surface area contributed by atoms with E-state index in [2.05, 4.69) is 11.4 Å². The number of amides is 1. The van der Waals surface area contributed by atoms with E-state index in [1.54, 1.807) is 14.2 Å². The summed E-state index contributed by atoms with van der Waals surface area (Å²) in [4.78, 5) is 12.2. The number of methoxy groups -OCH3 is 2. The highest BCUT2D eigenvalue weighted by Crippen LogP contribution is 2.33. The molecule has 0 bridgehead atoms. The Morgan fingerprint density at radius 2 is 1.96 bits per heavy atom. The standard InChI is InChI=1S/C20H23NO4/c1-23-18-9-7-14(11-19(18)24-2)8-10-20(22)21-12-15-13-25-17-6-4-3-5-16(15)17/h3-7,9,11,15H,8,10,12-13H2,1-2H3,(H,21,22). The number of hydrogen-bond donors (Lipinski definition) is 1. The molecule has 0 aromatic heterocycles. The Balaban J connectivity index is 1.49. The fraction of sp³-hybridized carbons (Fsp3) is 0.350. The average molecular weight is 341 g/mol. The molecule has 0 saturated carbocycles. The lowest BCUT2D eigenvalue weighted by atomic mass is 10.0. The highest BCUT2D eigenvalue weighted by atomic mass is 16.5. The molecule has 0 spiro atoms. The molecule has 132 valence electrons. The molecular formula is C20H23NO4. The molecule has 1 atom stereocenters. The zero-order chi connectivity index (χ0) is 17.6. The van der Waals surface area contributed by atoms with Crippen molar-refractivity contribution in [1.82, 2.24) is 5.32 Å². The van der Waals surface area contributed by atoms with E-state index in [0.29, 0.717) is 37.5 Å². The summed E-state index contributed by atoms with van der Waals surface area (Å²) in [6.45, 7) is 1.22. The lowest BCUT2D eigenvalue weighted by molar-refractivity contribution is -0.121. The second-order valence-electron chi connectivity index (χ2n) is 6.04. The van der Waals surface area contributed by atoms with Gasteiger partial charge in [0, 0.05) is 24.4 Å². The van der Waals surface area contributed by atoms with Crippen LogP contribution in [0, 0.1) is 0 Å². The van der Waals surface area contributed by atoms with Gasteiger partial charge in [0.2, 0.25) is 5.91 Å². The number of carbonyl (C=O) groups is 1. The molecule has 1 aliphatic rings. The molecule has 0 fully saturated rings. The first-order valence-corrected chi connectivity index (χ1v) is 8.40. The van der Waals surface area contributed by atoms with Crippen molar-refractivity contribution in [3.05, 3.63) is 53.6 Å². The molecule has 1 aliphatic heterocycles. The maximum Gasteiger partial charge on any atom is 0.220 e. The van der Waals surface area contributed by atoms with Gasteiger partial charge < -0.3 is 19.5 Å². The van der Waals surface area contributed by atoms with Gasteiger partial charge in [-0.2, -0.15) is 0 Å². The maximum absolute atomic E-state index is 12.2. The van der Waals surface area contributed by atoms with Crippen molar-refractivity contribution in [2.75, 3.05) is 27.4 Å². The minimum atomic E-state index is 0.0409. The lowest BCUT2D eigenvalue weighted by Crippen LogP contribution is -2.29. The molecule has 5 heteroatoms. The second kappa shape index (κ2) is 7.92. The zero-order valence-electron chi connectivity index (χ0n) is 14.6. The molecule has 1 N–H and O–H groups in total. The van der Waals surface area contributed by atoms with Gasteiger partial charge in [0.25, 0.3) is 0 Å². The first-order chi connectivity index (χ1) is 12.2. The van der Waals surface area contributed by atoms with Crippen LogP contribution in [0.4, 0.5) is 0 Å². The molecule has 5 nitrogen and oxygen atoms in total. The number of fused-ring (bicyclic) bond motifs is 1. The van der Waals surface area contributed by atoms with Gasteiger partial charge in [-0.1, -0.05) is 24.3 Å². The van der Waals surface area contributed by atoms with Crippen LogP contribution in [-0.2, 0) is 11.2 Å². The number of nitrogens with one attached hydrogen (secondary N) is 1. The van der Waals surface area contributed by atoms with Crippen LogP contribution in [0.5, 0.6) is 17.2 Å². The molecule has 0 saturated heterocycles. The molecule has 0 aliphatic carbocycles. The first-order valence-electron chi connectivity index (χ1n) is 8.40. The summed E-state index contributed by atoms with van der Waals surface area (Å²) in [6, 6.07) is 13.7. The van der Waals surface area contributed by atoms with Crippen LogP contribution < -0.4 is 19.5 Å². The van der Waals surface area contributed by atoms with Gasteiger partial charge in [-0.25, -0.2) is 0 Å². The largest absolute Gasteiger partial charge is 0.493 e. The van der Waals surface area contributed by atoms with Gasteiger partial charge in [-0.15, -0.1) is 0 Å². The third kappa shape index (κ3) is 4.05. The van der Waals surface area contributed by atoms with Crippen LogP contribution in [-0.4, -0.2) is 33.3 Å². The van der Waals surface area contributed by atoms with Gasteiger partial charge in [0.05, 0.1) is 20.8 Å². The quantitative estimate of drug-likeness (QED) is 0.841. The summed E-state index contributed by atoms with van der Waals surface area (Å²) in [5.74, 6) is 2.56. The molecule has 3 rings (SSSR count). The third-order valence-corrected chi connectivity index (χ3v) is 4.43. The van der Waals surface area contributed by atoms with Crippen LogP contribution in [0.3, 0.4) is 0 Å². The van der Waals surface area contributed by atoms with Crippen molar-refractivity contribution in [2.45, 2.75) is 18.8 Å². The molecule has 1 unspecified atom stereocenters. The monoisotopic (exact) mass is 341 g/mol. The van der Waals surface area contributed by atoms with Gasteiger partial charge in [0.15, 0.2) is 11.5 Å². The van der Waals surface area contributed by atoms with Crippen molar-refractivity contribution in [1.29, 1.82) is 0 Å². The Morgan fingerprint density at radius 1 is 1.16 bits per heavy atom. The summed E-state index contributed by atoms with van der Waals surface area (Å²) in [6.07, 6.45) is 1.09. The van der Waals surface area contributed by atoms with Crippen LogP contribution >= 0.6 is 0 Å². The Bertz CT molecular complexity index is 744. The van der Waals surface area contributed by atoms with E-state index in [0.717, 1.165) is 11.3 Å². The van der Waals surface area contributed by atoms with E-state index in [4.69, 9.17) is 14.2 Å². The number of para-hydroxylation sites is 1. The minimum absolute atomic E-state index is 0.0409. The Labute approximate surface area is 147 Å². The third-order valence-electron chi connectivity index (χ3n) is 4.43. The Morgan fingerprint density at radius 3 is 2.76 bits per heavy atom. The summed E-state index contributed by atoms with van der Waals surface area (Å²) in [5, 5.41) is 3.01. The topological polar surface area (TPSA) is 56.8 Å². The summed E-state index contributed by atoms with van der Waals surface area (Å²) in [7, 11) is 3.21. The molecule has 1 amide bonds. The number of aryl methyl sites for hydroxylation is 1. The van der Waals surface area contributed by atoms with Crippen molar-refractivity contribution in [3.8, 4) is 17.2 Å². The number of hydrogen-bond acceptors (Lipinski definition) is 4. The normalized spacial score (nSPS) is 15.2. The molecular weight excluding hydrogens is 318 g/mol. The van der Waals surface area contributed by atoms with Crippen molar-refractivity contribution in [2.24, 2.45) is 0 Å². The van der Waals surface area contributed by atoms with E-state index < -0.39 is 0 Å². The Hall–Kier alpha value is -2.69. The fourth-order valence-electron chi connectivity index (χ4n) is 3.02. The number of ether oxygens (including phenoxy) is 3. The van der Waals surface area contributed by atoms with E-state index in [1.807, 2.05) is 36.4 Å². The molecule has 25 heavy (non-hydrogen) atoms. The highest BCUT2D eigenvalue weighted by Gasteiger charge is 2.23. The summed E-state index contributed by atoms with van der Waals surface area (Å²) in [5.41, 5.74) is 2.21. The maximum atomic E-state index is 12.2. The van der Waals surface area contributed by atoms with E-state index in [9.17, 15) is 4.79 Å². The van der Waals surface area contributed by atoms with Gasteiger partial charge >= 0.3 is 0 Å². The van der Waals surface area contributed by atoms with E-state index in [1.165, 1.54) is 5.56 Å². The number of rotatable bonds is 7. The molecule has 0 radical (unpaired) electrons. The van der Waals surface area contributed by atoms with E-state index >= 15 is 0 Å². The zero-order valence-corrected chi connectivity index (χ0v) is 14.6. The van der Waals surface area contributed by atoms with Crippen LogP contribution in [0.15, 0.2) is 42.5 Å². The van der Waals surface area contributed by atoms with E-state index in [-0.39, 0.29) is 11.8 Å². The summed E-state index contributed by atoms with van der Waals surface area (Å²) >= 11 is 0. The van der Waals surface area contributed by atoms with Crippen molar-refractivity contribution >= 4 is 5.91 Å². The second-order valence-corrected chi connectivity index (χ2v) is 6.04. The molecule has 1 heterocycles. The van der Waals surface area contributed by atoms with Crippen molar-refractivity contribution in [3.63, 3.8) is 0 Å². The summed E-state index contributed by atoms with van der Waals surface area (Å²) < 4.78 is 16.2. The predicted octanol–water partition coefficient (Wildman–Crippen LogP) is 2.93. The average Bonchev–Trinajstić information content (AvgIpc) is 3.07. The number of carbonyl (C=O) groups excluding carboxylic acids is 1. The van der Waals surface area contributed by atoms with Crippen LogP contribution in [0.25, 0.3) is 0 Å². The van der Waals surface area contributed by atoms with Gasteiger partial charge in [-0.05, 0) is 30.2 Å². The smallest absolute Gasteiger partial charge is 0.220 e.